The molecule has 4 rings (SSSR count). The van der Waals surface area contributed by atoms with Crippen LogP contribution in [-0.4, -0.2) is 21.0 Å². The molecular formula is C18H15N3O3S. The lowest BCUT2D eigenvalue weighted by Crippen LogP contribution is -2.20. The zero-order valence-corrected chi connectivity index (χ0v) is 14.0. The molecule has 0 bridgehead atoms. The molecule has 2 aromatic heterocycles. The van der Waals surface area contributed by atoms with Crippen molar-refractivity contribution in [1.82, 2.24) is 9.97 Å². The standard InChI is InChI=1S/C18H15N3O3S/c22-15-14(20-16(21-18(15)24)13-8-3-9-25-13)17(23)19-12-7-2-5-10-4-1-6-11(10)12/h2-3,5,7-9,22H,1,4,6H2,(H,19,23)(H,20,21,24). The summed E-state index contributed by atoms with van der Waals surface area (Å²) in [4.78, 5) is 32.0. The molecule has 3 aromatic rings. The lowest BCUT2D eigenvalue weighted by molar-refractivity contribution is 0.101. The number of H-pyrrole nitrogens is 1. The first-order valence-corrected chi connectivity index (χ1v) is 8.81. The maximum absolute atomic E-state index is 12.6. The van der Waals surface area contributed by atoms with Crippen LogP contribution in [0.1, 0.15) is 28.0 Å². The summed E-state index contributed by atoms with van der Waals surface area (Å²) < 4.78 is 0. The molecule has 1 amide bonds. The largest absolute Gasteiger partial charge is 0.501 e. The fraction of sp³-hybridized carbons (Fsp3) is 0.167. The maximum Gasteiger partial charge on any atom is 0.294 e. The molecular weight excluding hydrogens is 338 g/mol. The highest BCUT2D eigenvalue weighted by molar-refractivity contribution is 7.13. The predicted molar refractivity (Wildman–Crippen MR) is 96.3 cm³/mol. The quantitative estimate of drug-likeness (QED) is 0.675. The number of carbonyl (C=O) groups is 1. The third-order valence-corrected chi connectivity index (χ3v) is 5.14. The first-order chi connectivity index (χ1) is 12.1. The molecule has 3 N–H and O–H groups in total. The minimum Gasteiger partial charge on any atom is -0.501 e. The van der Waals surface area contributed by atoms with Crippen molar-refractivity contribution >= 4 is 22.9 Å². The number of aryl methyl sites for hydroxylation is 1. The number of rotatable bonds is 3. The van der Waals surface area contributed by atoms with Crippen LogP contribution in [0.5, 0.6) is 5.75 Å². The molecule has 1 aliphatic rings. The van der Waals surface area contributed by atoms with Crippen molar-refractivity contribution in [2.75, 3.05) is 5.32 Å². The summed E-state index contributed by atoms with van der Waals surface area (Å²) in [7, 11) is 0. The van der Waals surface area contributed by atoms with Crippen LogP contribution in [-0.2, 0) is 12.8 Å². The highest BCUT2D eigenvalue weighted by Gasteiger charge is 2.21. The van der Waals surface area contributed by atoms with E-state index in [9.17, 15) is 14.7 Å². The third-order valence-electron chi connectivity index (χ3n) is 4.26. The maximum atomic E-state index is 12.6. The van der Waals surface area contributed by atoms with Crippen molar-refractivity contribution in [2.24, 2.45) is 0 Å². The fourth-order valence-electron chi connectivity index (χ4n) is 3.07. The minimum absolute atomic E-state index is 0.265. The summed E-state index contributed by atoms with van der Waals surface area (Å²) in [6.45, 7) is 0. The Balaban J connectivity index is 1.71. The van der Waals surface area contributed by atoms with Gasteiger partial charge in [-0.15, -0.1) is 11.3 Å². The Morgan fingerprint density at radius 3 is 2.92 bits per heavy atom. The molecule has 0 saturated heterocycles. The zero-order valence-electron chi connectivity index (χ0n) is 13.2. The smallest absolute Gasteiger partial charge is 0.294 e. The Kier molecular flexibility index (Phi) is 3.85. The summed E-state index contributed by atoms with van der Waals surface area (Å²) in [5, 5.41) is 14.6. The second-order valence-corrected chi connectivity index (χ2v) is 6.79. The Hall–Kier alpha value is -2.93. The molecule has 0 aliphatic heterocycles. The number of anilines is 1. The SMILES string of the molecule is O=C(Nc1cccc2c1CCC2)c1nc(-c2cccs2)[nH]c(=O)c1O. The van der Waals surface area contributed by atoms with Crippen molar-refractivity contribution < 1.29 is 9.90 Å². The van der Waals surface area contributed by atoms with E-state index >= 15 is 0 Å². The first kappa shape index (κ1) is 15.6. The van der Waals surface area contributed by atoms with Crippen molar-refractivity contribution in [2.45, 2.75) is 19.3 Å². The molecule has 0 saturated carbocycles. The van der Waals surface area contributed by atoms with Crippen LogP contribution < -0.4 is 10.9 Å². The number of aromatic hydroxyl groups is 1. The van der Waals surface area contributed by atoms with Gasteiger partial charge in [-0.2, -0.15) is 0 Å². The predicted octanol–water partition coefficient (Wildman–Crippen LogP) is 2.95. The van der Waals surface area contributed by atoms with Crippen molar-refractivity contribution in [3.63, 3.8) is 0 Å². The molecule has 126 valence electrons. The van der Waals surface area contributed by atoms with Gasteiger partial charge in [-0.05, 0) is 47.9 Å². The number of carbonyl (C=O) groups excluding carboxylic acids is 1. The van der Waals surface area contributed by atoms with Gasteiger partial charge in [0.2, 0.25) is 5.75 Å². The molecule has 2 heterocycles. The highest BCUT2D eigenvalue weighted by Crippen LogP contribution is 2.29. The van der Waals surface area contributed by atoms with Crippen LogP contribution >= 0.6 is 11.3 Å². The van der Waals surface area contributed by atoms with Gasteiger partial charge in [0.25, 0.3) is 11.5 Å². The molecule has 25 heavy (non-hydrogen) atoms. The van der Waals surface area contributed by atoms with Crippen LogP contribution in [0.25, 0.3) is 10.7 Å². The monoisotopic (exact) mass is 353 g/mol. The number of aromatic amines is 1. The number of nitrogens with one attached hydrogen (secondary N) is 2. The number of hydrogen-bond acceptors (Lipinski definition) is 5. The summed E-state index contributed by atoms with van der Waals surface area (Å²) in [6, 6.07) is 9.37. The molecule has 1 aromatic carbocycles. The summed E-state index contributed by atoms with van der Waals surface area (Å²) in [5.74, 6) is -1.01. The zero-order chi connectivity index (χ0) is 17.4. The number of benzene rings is 1. The summed E-state index contributed by atoms with van der Waals surface area (Å²) in [5.41, 5.74) is 2.03. The first-order valence-electron chi connectivity index (χ1n) is 7.93. The molecule has 1 aliphatic carbocycles. The van der Waals surface area contributed by atoms with Crippen LogP contribution in [0, 0.1) is 0 Å². The molecule has 0 spiro atoms. The third kappa shape index (κ3) is 2.83. The van der Waals surface area contributed by atoms with Crippen LogP contribution in [0.15, 0.2) is 40.5 Å². The van der Waals surface area contributed by atoms with E-state index in [1.807, 2.05) is 23.6 Å². The van der Waals surface area contributed by atoms with E-state index in [2.05, 4.69) is 21.4 Å². The normalized spacial score (nSPS) is 12.8. The molecule has 7 heteroatoms. The Morgan fingerprint density at radius 2 is 2.12 bits per heavy atom. The highest BCUT2D eigenvalue weighted by atomic mass is 32.1. The van der Waals surface area contributed by atoms with Crippen LogP contribution in [0.2, 0.25) is 0 Å². The lowest BCUT2D eigenvalue weighted by atomic mass is 10.1. The van der Waals surface area contributed by atoms with Gasteiger partial charge in [0.15, 0.2) is 11.5 Å². The molecule has 0 unspecified atom stereocenters. The number of amides is 1. The second kappa shape index (κ2) is 6.18. The van der Waals surface area contributed by atoms with Gasteiger partial charge in [-0.25, -0.2) is 4.98 Å². The molecule has 0 atom stereocenters. The Morgan fingerprint density at radius 1 is 1.24 bits per heavy atom. The summed E-state index contributed by atoms with van der Waals surface area (Å²) >= 11 is 1.39. The van der Waals surface area contributed by atoms with E-state index in [4.69, 9.17) is 0 Å². The summed E-state index contributed by atoms with van der Waals surface area (Å²) in [6.07, 6.45) is 2.95. The second-order valence-electron chi connectivity index (χ2n) is 5.84. The Bertz CT molecular complexity index is 1010. The number of thiophene rings is 1. The number of hydrogen-bond donors (Lipinski definition) is 3. The number of nitrogens with zero attached hydrogens (tertiary/aromatic N) is 1. The topological polar surface area (TPSA) is 95.1 Å². The molecule has 6 nitrogen and oxygen atoms in total. The van der Waals surface area contributed by atoms with Crippen LogP contribution in [0.3, 0.4) is 0 Å². The number of aromatic nitrogens is 2. The van der Waals surface area contributed by atoms with Gasteiger partial charge in [0, 0.05) is 5.69 Å². The van der Waals surface area contributed by atoms with Gasteiger partial charge in [0.05, 0.1) is 4.88 Å². The van der Waals surface area contributed by atoms with E-state index in [-0.39, 0.29) is 11.5 Å². The van der Waals surface area contributed by atoms with E-state index in [0.29, 0.717) is 10.6 Å². The van der Waals surface area contributed by atoms with Crippen molar-refractivity contribution in [3.8, 4) is 16.5 Å². The van der Waals surface area contributed by atoms with Crippen LogP contribution in [0.4, 0.5) is 5.69 Å². The van der Waals surface area contributed by atoms with E-state index in [1.165, 1.54) is 16.9 Å². The van der Waals surface area contributed by atoms with Crippen molar-refractivity contribution in [3.05, 3.63) is 62.9 Å². The van der Waals surface area contributed by atoms with E-state index in [1.54, 1.807) is 6.07 Å². The Labute approximate surface area is 147 Å². The average Bonchev–Trinajstić information content (AvgIpc) is 3.28. The lowest BCUT2D eigenvalue weighted by Gasteiger charge is -2.11. The molecule has 0 fully saturated rings. The van der Waals surface area contributed by atoms with Gasteiger partial charge >= 0.3 is 0 Å². The molecule has 0 radical (unpaired) electrons. The minimum atomic E-state index is -0.734. The number of fused-ring (bicyclic) bond motifs is 1. The van der Waals surface area contributed by atoms with Crippen molar-refractivity contribution in [1.29, 1.82) is 0 Å². The van der Waals surface area contributed by atoms with Gasteiger partial charge < -0.3 is 15.4 Å². The fourth-order valence-corrected chi connectivity index (χ4v) is 3.74. The van der Waals surface area contributed by atoms with Gasteiger partial charge in [-0.1, -0.05) is 18.2 Å². The van der Waals surface area contributed by atoms with Gasteiger partial charge in [0.1, 0.15) is 0 Å². The van der Waals surface area contributed by atoms with Gasteiger partial charge in [-0.3, -0.25) is 9.59 Å². The van der Waals surface area contributed by atoms with E-state index < -0.39 is 17.2 Å². The van der Waals surface area contributed by atoms with E-state index in [0.717, 1.165) is 24.8 Å². The average molecular weight is 353 g/mol.